The highest BCUT2D eigenvalue weighted by Crippen LogP contribution is 2.32. The Hall–Kier alpha value is -3.70. The molecule has 9 heteroatoms. The number of hydrogen-bond acceptors (Lipinski definition) is 6. The fourth-order valence-electron chi connectivity index (χ4n) is 4.38. The molecule has 1 aliphatic rings. The van der Waals surface area contributed by atoms with Crippen LogP contribution in [0.15, 0.2) is 93.9 Å². The SMILES string of the molecule is COc1cccc([C@@H]2C(C(=O)Nc3ccccc3)=C(C)N=c3s/c(=C/c4ccc(OC)c(I)c4)c(=O)n32)c1. The predicted octanol–water partition coefficient (Wildman–Crippen LogP) is 4.50. The summed E-state index contributed by atoms with van der Waals surface area (Å²) in [6.45, 7) is 1.80. The third-order valence-electron chi connectivity index (χ3n) is 6.18. The van der Waals surface area contributed by atoms with Gasteiger partial charge in [-0.05, 0) is 83.1 Å². The van der Waals surface area contributed by atoms with Crippen LogP contribution in [-0.4, -0.2) is 24.7 Å². The number of rotatable bonds is 6. The van der Waals surface area contributed by atoms with Gasteiger partial charge in [0.2, 0.25) is 0 Å². The highest BCUT2D eigenvalue weighted by molar-refractivity contribution is 14.1. The molecule has 0 bridgehead atoms. The van der Waals surface area contributed by atoms with E-state index in [4.69, 9.17) is 14.5 Å². The Morgan fingerprint density at radius 3 is 2.55 bits per heavy atom. The van der Waals surface area contributed by atoms with Gasteiger partial charge < -0.3 is 14.8 Å². The van der Waals surface area contributed by atoms with Crippen LogP contribution in [0.3, 0.4) is 0 Å². The summed E-state index contributed by atoms with van der Waals surface area (Å²) in [6, 6.07) is 21.7. The zero-order valence-electron chi connectivity index (χ0n) is 20.9. The number of fused-ring (bicyclic) bond motifs is 1. The number of allylic oxidation sites excluding steroid dienone is 1. The van der Waals surface area contributed by atoms with Crippen molar-refractivity contribution in [1.82, 2.24) is 4.57 Å². The highest BCUT2D eigenvalue weighted by Gasteiger charge is 2.32. The normalized spacial score (nSPS) is 15.1. The van der Waals surface area contributed by atoms with Gasteiger partial charge in [0, 0.05) is 5.69 Å². The number of nitrogens with zero attached hydrogens (tertiary/aromatic N) is 2. The summed E-state index contributed by atoms with van der Waals surface area (Å²) in [7, 11) is 3.21. The summed E-state index contributed by atoms with van der Waals surface area (Å²) in [4.78, 5) is 32.7. The molecule has 1 atom stereocenters. The Balaban J connectivity index is 1.67. The number of halogens is 1. The van der Waals surface area contributed by atoms with Crippen molar-refractivity contribution >= 4 is 51.6 Å². The number of anilines is 1. The van der Waals surface area contributed by atoms with Crippen molar-refractivity contribution in [1.29, 1.82) is 0 Å². The van der Waals surface area contributed by atoms with Gasteiger partial charge in [-0.2, -0.15) is 0 Å². The largest absolute Gasteiger partial charge is 0.497 e. The second-order valence-corrected chi connectivity index (χ2v) is 10.7. The molecule has 1 aromatic heterocycles. The maximum Gasteiger partial charge on any atom is 0.271 e. The van der Waals surface area contributed by atoms with Gasteiger partial charge in [-0.3, -0.25) is 14.2 Å². The van der Waals surface area contributed by atoms with Gasteiger partial charge in [0.15, 0.2) is 4.80 Å². The van der Waals surface area contributed by atoms with Crippen LogP contribution in [0.4, 0.5) is 5.69 Å². The molecule has 4 aromatic rings. The number of nitrogens with one attached hydrogen (secondary N) is 1. The molecular weight excluding hydrogens is 613 g/mol. The van der Waals surface area contributed by atoms with Crippen LogP contribution >= 0.6 is 33.9 Å². The number of hydrogen-bond donors (Lipinski definition) is 1. The fraction of sp³-hybridized carbons (Fsp3) is 0.138. The first-order chi connectivity index (χ1) is 18.4. The molecule has 0 saturated carbocycles. The monoisotopic (exact) mass is 637 g/mol. The number of para-hydroxylation sites is 1. The minimum atomic E-state index is -0.678. The van der Waals surface area contributed by atoms with E-state index in [0.717, 1.165) is 20.4 Å². The Morgan fingerprint density at radius 1 is 1.05 bits per heavy atom. The number of ether oxygens (including phenoxy) is 2. The van der Waals surface area contributed by atoms with Crippen LogP contribution in [0, 0.1) is 3.57 Å². The van der Waals surface area contributed by atoms with Gasteiger partial charge >= 0.3 is 0 Å². The highest BCUT2D eigenvalue weighted by atomic mass is 127. The first kappa shape index (κ1) is 25.9. The topological polar surface area (TPSA) is 81.9 Å². The lowest BCUT2D eigenvalue weighted by atomic mass is 9.95. The first-order valence-corrected chi connectivity index (χ1v) is 13.7. The lowest BCUT2D eigenvalue weighted by Gasteiger charge is -2.25. The smallest absolute Gasteiger partial charge is 0.271 e. The molecule has 1 amide bonds. The second kappa shape index (κ2) is 11.0. The minimum Gasteiger partial charge on any atom is -0.497 e. The number of carbonyl (C=O) groups is 1. The van der Waals surface area contributed by atoms with Crippen LogP contribution < -0.4 is 29.7 Å². The van der Waals surface area contributed by atoms with Gasteiger partial charge in [-0.1, -0.05) is 47.7 Å². The number of thiazole rings is 1. The van der Waals surface area contributed by atoms with Gasteiger partial charge in [0.25, 0.3) is 11.5 Å². The second-order valence-electron chi connectivity index (χ2n) is 8.57. The average molecular weight is 637 g/mol. The molecule has 1 N–H and O–H groups in total. The van der Waals surface area contributed by atoms with E-state index in [1.54, 1.807) is 25.7 Å². The molecule has 2 heterocycles. The third kappa shape index (κ3) is 5.03. The van der Waals surface area contributed by atoms with Crippen molar-refractivity contribution in [3.63, 3.8) is 0 Å². The minimum absolute atomic E-state index is 0.218. The van der Waals surface area contributed by atoms with Crippen LogP contribution in [0.5, 0.6) is 11.5 Å². The number of carbonyl (C=O) groups excluding carboxylic acids is 1. The summed E-state index contributed by atoms with van der Waals surface area (Å²) < 4.78 is 13.9. The molecule has 0 fully saturated rings. The number of methoxy groups -OCH3 is 2. The molecule has 0 unspecified atom stereocenters. The van der Waals surface area contributed by atoms with E-state index < -0.39 is 6.04 Å². The van der Waals surface area contributed by atoms with Crippen LogP contribution in [0.25, 0.3) is 6.08 Å². The molecule has 7 nitrogen and oxygen atoms in total. The Morgan fingerprint density at radius 2 is 1.84 bits per heavy atom. The molecule has 0 radical (unpaired) electrons. The lowest BCUT2D eigenvalue weighted by Crippen LogP contribution is -2.40. The van der Waals surface area contributed by atoms with E-state index >= 15 is 0 Å². The molecule has 192 valence electrons. The molecule has 0 saturated heterocycles. The number of aromatic nitrogens is 1. The van der Waals surface area contributed by atoms with Crippen LogP contribution in [-0.2, 0) is 4.79 Å². The number of amides is 1. The number of benzene rings is 3. The van der Waals surface area contributed by atoms with Gasteiger partial charge in [0.1, 0.15) is 11.5 Å². The molecule has 3 aromatic carbocycles. The fourth-order valence-corrected chi connectivity index (χ4v) is 6.19. The zero-order valence-corrected chi connectivity index (χ0v) is 23.9. The van der Waals surface area contributed by atoms with Crippen molar-refractivity contribution in [3.05, 3.63) is 118 Å². The van der Waals surface area contributed by atoms with Crippen LogP contribution in [0.1, 0.15) is 24.1 Å². The predicted molar refractivity (Wildman–Crippen MR) is 158 cm³/mol. The quantitative estimate of drug-likeness (QED) is 0.316. The van der Waals surface area contributed by atoms with E-state index in [1.807, 2.05) is 78.9 Å². The maximum absolute atomic E-state index is 13.9. The van der Waals surface area contributed by atoms with Gasteiger partial charge in [-0.15, -0.1) is 0 Å². The standard InChI is InChI=1S/C29H24IN3O4S/c1-17-25(27(34)32-20-9-5-4-6-10-20)26(19-8-7-11-21(16-19)36-2)33-28(35)24(38-29(33)31-17)15-18-12-13-23(37-3)22(30)14-18/h4-16,26H,1-3H3,(H,32,34)/b24-15+/t26-/m1/s1. The summed E-state index contributed by atoms with van der Waals surface area (Å²) in [5.74, 6) is 1.09. The third-order valence-corrected chi connectivity index (χ3v) is 8.01. The molecule has 5 rings (SSSR count). The van der Waals surface area contributed by atoms with Crippen molar-refractivity contribution in [2.24, 2.45) is 4.99 Å². The molecule has 1 aliphatic heterocycles. The summed E-state index contributed by atoms with van der Waals surface area (Å²) in [6.07, 6.45) is 1.84. The molecule has 38 heavy (non-hydrogen) atoms. The van der Waals surface area contributed by atoms with Crippen molar-refractivity contribution in [2.75, 3.05) is 19.5 Å². The molecular formula is C29H24IN3O4S. The summed E-state index contributed by atoms with van der Waals surface area (Å²) >= 11 is 3.51. The van der Waals surface area contributed by atoms with E-state index in [9.17, 15) is 9.59 Å². The Labute approximate surface area is 236 Å². The first-order valence-electron chi connectivity index (χ1n) is 11.8. The van der Waals surface area contributed by atoms with E-state index in [2.05, 4.69) is 27.9 Å². The maximum atomic E-state index is 13.9. The zero-order chi connectivity index (χ0) is 26.8. The average Bonchev–Trinajstić information content (AvgIpc) is 3.22. The Bertz CT molecular complexity index is 1740. The van der Waals surface area contributed by atoms with Gasteiger partial charge in [0.05, 0.1) is 39.6 Å². The molecule has 0 aliphatic carbocycles. The van der Waals surface area contributed by atoms with E-state index in [0.29, 0.717) is 32.0 Å². The summed E-state index contributed by atoms with van der Waals surface area (Å²) in [5, 5.41) is 2.96. The van der Waals surface area contributed by atoms with Crippen molar-refractivity contribution < 1.29 is 14.3 Å². The van der Waals surface area contributed by atoms with E-state index in [-0.39, 0.29) is 11.5 Å². The van der Waals surface area contributed by atoms with Crippen LogP contribution in [0.2, 0.25) is 0 Å². The molecule has 0 spiro atoms. The van der Waals surface area contributed by atoms with Crippen molar-refractivity contribution in [3.8, 4) is 11.5 Å². The van der Waals surface area contributed by atoms with Crippen molar-refractivity contribution in [2.45, 2.75) is 13.0 Å². The van der Waals surface area contributed by atoms with E-state index in [1.165, 1.54) is 11.3 Å². The summed E-state index contributed by atoms with van der Waals surface area (Å²) in [5.41, 5.74) is 3.02. The lowest BCUT2D eigenvalue weighted by molar-refractivity contribution is -0.113. The Kier molecular flexibility index (Phi) is 7.48. The van der Waals surface area contributed by atoms with Gasteiger partial charge in [-0.25, -0.2) is 4.99 Å².